The van der Waals surface area contributed by atoms with Crippen LogP contribution in [0.1, 0.15) is 27.2 Å². The molecule has 1 aliphatic heterocycles. The van der Waals surface area contributed by atoms with Crippen LogP contribution < -0.4 is 10.6 Å². The van der Waals surface area contributed by atoms with Gasteiger partial charge in [-0.2, -0.15) is 0 Å². The van der Waals surface area contributed by atoms with E-state index in [2.05, 4.69) is 10.6 Å². The minimum atomic E-state index is -2.27. The Bertz CT molecular complexity index is 285. The molecule has 2 unspecified atom stereocenters. The first kappa shape index (κ1) is 14.3. The Kier molecular flexibility index (Phi) is 4.06. The standard InChI is InChI=1S/C10H19BN2O4/c1-9(2,3)17-8(14)13-6-4-7(12-5-6)10(11,15)16/h6-7,12,15-16H,4-5H2,1-3H3,(H,13,14). The number of hydrogen-bond donors (Lipinski definition) is 4. The van der Waals surface area contributed by atoms with E-state index < -0.39 is 23.4 Å². The second-order valence-electron chi connectivity index (χ2n) is 5.32. The zero-order chi connectivity index (χ0) is 13.3. The minimum Gasteiger partial charge on any atom is -0.444 e. The maximum Gasteiger partial charge on any atom is 0.407 e. The number of hydrogen-bond acceptors (Lipinski definition) is 5. The minimum absolute atomic E-state index is 0.225. The van der Waals surface area contributed by atoms with E-state index in [-0.39, 0.29) is 6.04 Å². The highest BCUT2D eigenvalue weighted by Crippen LogP contribution is 2.15. The molecule has 1 fully saturated rings. The highest BCUT2D eigenvalue weighted by Gasteiger charge is 2.36. The molecule has 1 amide bonds. The Morgan fingerprint density at radius 2 is 2.06 bits per heavy atom. The summed E-state index contributed by atoms with van der Waals surface area (Å²) < 4.78 is 5.09. The lowest BCUT2D eigenvalue weighted by molar-refractivity contribution is -0.107. The van der Waals surface area contributed by atoms with Crippen molar-refractivity contribution in [1.82, 2.24) is 10.6 Å². The number of carbonyl (C=O) groups excluding carboxylic acids is 1. The third-order valence-corrected chi connectivity index (χ3v) is 2.36. The second kappa shape index (κ2) is 4.84. The Morgan fingerprint density at radius 3 is 2.47 bits per heavy atom. The van der Waals surface area contributed by atoms with Gasteiger partial charge in [0.15, 0.2) is 7.85 Å². The number of carbonyl (C=O) groups is 1. The summed E-state index contributed by atoms with van der Waals surface area (Å²) in [6, 6.07) is -0.889. The van der Waals surface area contributed by atoms with Gasteiger partial charge in [-0.05, 0) is 27.2 Å². The molecule has 1 heterocycles. The zero-order valence-corrected chi connectivity index (χ0v) is 10.4. The Hall–Kier alpha value is -0.785. The maximum absolute atomic E-state index is 11.5. The molecular weight excluding hydrogens is 223 g/mol. The lowest BCUT2D eigenvalue weighted by Gasteiger charge is -2.25. The van der Waals surface area contributed by atoms with Gasteiger partial charge in [0.1, 0.15) is 11.3 Å². The monoisotopic (exact) mass is 242 g/mol. The van der Waals surface area contributed by atoms with E-state index in [1.165, 1.54) is 0 Å². The van der Waals surface area contributed by atoms with Gasteiger partial charge in [-0.25, -0.2) is 4.79 Å². The summed E-state index contributed by atoms with van der Waals surface area (Å²) in [6.07, 6.45) is -0.189. The van der Waals surface area contributed by atoms with Crippen LogP contribution in [0.4, 0.5) is 4.79 Å². The van der Waals surface area contributed by atoms with E-state index >= 15 is 0 Å². The predicted octanol–water partition coefficient (Wildman–Crippen LogP) is -0.951. The largest absolute Gasteiger partial charge is 0.444 e. The Morgan fingerprint density at radius 1 is 1.47 bits per heavy atom. The number of ether oxygens (including phenoxy) is 1. The average Bonchev–Trinajstić information content (AvgIpc) is 2.47. The molecule has 0 aromatic heterocycles. The third-order valence-electron chi connectivity index (χ3n) is 2.36. The first-order valence-corrected chi connectivity index (χ1v) is 5.54. The van der Waals surface area contributed by atoms with Gasteiger partial charge in [-0.15, -0.1) is 0 Å². The van der Waals surface area contributed by atoms with E-state index in [0.717, 1.165) is 0 Å². The van der Waals surface area contributed by atoms with Gasteiger partial charge < -0.3 is 25.6 Å². The Labute approximate surface area is 102 Å². The van der Waals surface area contributed by atoms with Crippen molar-refractivity contribution in [2.24, 2.45) is 0 Å². The first-order valence-electron chi connectivity index (χ1n) is 5.54. The van der Waals surface area contributed by atoms with Crippen molar-refractivity contribution in [3.05, 3.63) is 0 Å². The number of amides is 1. The van der Waals surface area contributed by atoms with Crippen LogP contribution in [-0.2, 0) is 4.74 Å². The number of aliphatic hydroxyl groups is 2. The summed E-state index contributed by atoms with van der Waals surface area (Å²) >= 11 is 0. The number of nitrogens with one attached hydrogen (secondary N) is 2. The molecule has 0 aromatic rings. The van der Waals surface area contributed by atoms with E-state index in [0.29, 0.717) is 13.0 Å². The van der Waals surface area contributed by atoms with Gasteiger partial charge in [0.2, 0.25) is 0 Å². The molecule has 0 aromatic carbocycles. The molecule has 0 spiro atoms. The fourth-order valence-electron chi connectivity index (χ4n) is 1.64. The third kappa shape index (κ3) is 4.93. The summed E-state index contributed by atoms with van der Waals surface area (Å²) in [4.78, 5) is 11.5. The van der Waals surface area contributed by atoms with Crippen LogP contribution in [0.15, 0.2) is 0 Å². The van der Waals surface area contributed by atoms with Crippen molar-refractivity contribution in [3.63, 3.8) is 0 Å². The second-order valence-corrected chi connectivity index (χ2v) is 5.32. The van der Waals surface area contributed by atoms with Crippen molar-refractivity contribution in [2.45, 2.75) is 50.6 Å². The van der Waals surface area contributed by atoms with Crippen molar-refractivity contribution in [2.75, 3.05) is 6.54 Å². The lowest BCUT2D eigenvalue weighted by Crippen LogP contribution is -2.48. The van der Waals surface area contributed by atoms with Crippen LogP contribution in [0.5, 0.6) is 0 Å². The Balaban J connectivity index is 2.38. The SMILES string of the molecule is [B]C(O)(O)C1CC(NC(=O)OC(C)(C)C)CN1. The molecule has 1 saturated heterocycles. The summed E-state index contributed by atoms with van der Waals surface area (Å²) in [5.41, 5.74) is -2.83. The van der Waals surface area contributed by atoms with Crippen LogP contribution in [0.3, 0.4) is 0 Å². The number of rotatable bonds is 2. The molecule has 1 aliphatic rings. The van der Waals surface area contributed by atoms with Crippen LogP contribution in [0, 0.1) is 0 Å². The van der Waals surface area contributed by atoms with Crippen LogP contribution >= 0.6 is 0 Å². The van der Waals surface area contributed by atoms with Crippen molar-refractivity contribution >= 4 is 13.9 Å². The van der Waals surface area contributed by atoms with Gasteiger partial charge in [0, 0.05) is 12.6 Å². The summed E-state index contributed by atoms with van der Waals surface area (Å²) in [5.74, 6) is 0. The van der Waals surface area contributed by atoms with Crippen LogP contribution in [0.25, 0.3) is 0 Å². The van der Waals surface area contributed by atoms with Gasteiger partial charge in [0.05, 0.1) is 6.04 Å². The van der Waals surface area contributed by atoms with Crippen LogP contribution in [-0.4, -0.2) is 54.1 Å². The van der Waals surface area contributed by atoms with E-state index in [1.54, 1.807) is 20.8 Å². The van der Waals surface area contributed by atoms with Crippen molar-refractivity contribution in [3.8, 4) is 0 Å². The molecule has 0 bridgehead atoms. The molecular formula is C10H19BN2O4. The molecule has 7 heteroatoms. The first-order chi connectivity index (χ1) is 7.58. The van der Waals surface area contributed by atoms with E-state index in [1.807, 2.05) is 0 Å². The molecule has 0 aliphatic carbocycles. The normalized spacial score (nSPS) is 25.7. The summed E-state index contributed by atoms with van der Waals surface area (Å²) in [7, 11) is 5.14. The quantitative estimate of drug-likeness (QED) is 0.370. The van der Waals surface area contributed by atoms with Crippen LogP contribution in [0.2, 0.25) is 0 Å². The van der Waals surface area contributed by atoms with Gasteiger partial charge in [-0.1, -0.05) is 0 Å². The van der Waals surface area contributed by atoms with E-state index in [9.17, 15) is 15.0 Å². The predicted molar refractivity (Wildman–Crippen MR) is 62.5 cm³/mol. The highest BCUT2D eigenvalue weighted by molar-refractivity contribution is 6.13. The summed E-state index contributed by atoms with van der Waals surface area (Å²) in [5, 5.41) is 23.8. The fraction of sp³-hybridized carbons (Fsp3) is 0.900. The van der Waals surface area contributed by atoms with E-state index in [4.69, 9.17) is 12.6 Å². The molecule has 0 saturated carbocycles. The molecule has 2 atom stereocenters. The fourth-order valence-corrected chi connectivity index (χ4v) is 1.64. The van der Waals surface area contributed by atoms with Gasteiger partial charge in [0.25, 0.3) is 0 Å². The highest BCUT2D eigenvalue weighted by atomic mass is 16.6. The van der Waals surface area contributed by atoms with Gasteiger partial charge >= 0.3 is 6.09 Å². The zero-order valence-electron chi connectivity index (χ0n) is 10.4. The molecule has 6 nitrogen and oxygen atoms in total. The smallest absolute Gasteiger partial charge is 0.407 e. The number of alkyl carbamates (subject to hydrolysis) is 1. The van der Waals surface area contributed by atoms with Gasteiger partial charge in [-0.3, -0.25) is 0 Å². The average molecular weight is 242 g/mol. The lowest BCUT2D eigenvalue weighted by atomic mass is 9.86. The topological polar surface area (TPSA) is 90.8 Å². The molecule has 17 heavy (non-hydrogen) atoms. The van der Waals surface area contributed by atoms with Crippen molar-refractivity contribution in [1.29, 1.82) is 0 Å². The maximum atomic E-state index is 11.5. The molecule has 2 radical (unpaired) electrons. The molecule has 4 N–H and O–H groups in total. The molecule has 1 rings (SSSR count). The van der Waals surface area contributed by atoms with Crippen molar-refractivity contribution < 1.29 is 19.7 Å². The summed E-state index contributed by atoms with van der Waals surface area (Å²) in [6.45, 7) is 5.74. The molecule has 96 valence electrons.